The summed E-state index contributed by atoms with van der Waals surface area (Å²) in [6, 6.07) is 9.42. The molecule has 1 fully saturated rings. The molecule has 39 heavy (non-hydrogen) atoms. The first-order chi connectivity index (χ1) is 18.5. The van der Waals surface area contributed by atoms with Crippen LogP contribution in [-0.2, 0) is 20.4 Å². The molecule has 0 spiro atoms. The van der Waals surface area contributed by atoms with Crippen LogP contribution >= 0.6 is 0 Å². The van der Waals surface area contributed by atoms with Gasteiger partial charge in [-0.15, -0.1) is 0 Å². The molecule has 2 unspecified atom stereocenters. The molecular formula is C30H48N4O4Si. The summed E-state index contributed by atoms with van der Waals surface area (Å²) in [7, 11) is -2.30. The van der Waals surface area contributed by atoms with Crippen LogP contribution in [0.15, 0.2) is 47.6 Å². The second kappa shape index (κ2) is 15.8. The number of carbonyl (C=O) groups is 2. The number of rotatable bonds is 16. The number of benzene rings is 1. The lowest BCUT2D eigenvalue weighted by atomic mass is 10.0. The first kappa shape index (κ1) is 32.6. The van der Waals surface area contributed by atoms with E-state index in [0.717, 1.165) is 24.8 Å². The van der Waals surface area contributed by atoms with Crippen molar-refractivity contribution >= 4 is 20.3 Å². The molecule has 8 nitrogen and oxygen atoms in total. The minimum absolute atomic E-state index is 0.0536. The van der Waals surface area contributed by atoms with Crippen molar-refractivity contribution < 1.29 is 18.8 Å². The molecule has 1 heterocycles. The summed E-state index contributed by atoms with van der Waals surface area (Å²) in [6.07, 6.45) is 10.5. The van der Waals surface area contributed by atoms with Crippen molar-refractivity contribution in [2.24, 2.45) is 5.11 Å². The summed E-state index contributed by atoms with van der Waals surface area (Å²) in [5, 5.41) is 3.87. The van der Waals surface area contributed by atoms with Gasteiger partial charge in [-0.05, 0) is 61.3 Å². The standard InChI is InChI=1S/C30H48N4O4Si/c1-7-8-9-14-19-25(32-33-31)20-15-11-16-21-27(38-39(5,6)30(2,3)4)28(35)34-26(23-37-29(34)36)22-24-17-12-10-13-18-24/h10-13,15,17-18,25-27H,7-9,14,16,19-23H2,1-6H3/b15-11+/t25?,26-,27?/m1/s1. The van der Waals surface area contributed by atoms with Crippen molar-refractivity contribution in [2.45, 2.75) is 122 Å². The van der Waals surface area contributed by atoms with Gasteiger partial charge >= 0.3 is 6.09 Å². The molecule has 1 aromatic rings. The third-order valence-electron chi connectivity index (χ3n) is 7.81. The van der Waals surface area contributed by atoms with Crippen molar-refractivity contribution in [1.29, 1.82) is 0 Å². The second-order valence-electron chi connectivity index (χ2n) is 12.0. The second-order valence-corrected chi connectivity index (χ2v) is 16.7. The van der Waals surface area contributed by atoms with Crippen LogP contribution in [0.5, 0.6) is 0 Å². The predicted molar refractivity (Wildman–Crippen MR) is 159 cm³/mol. The van der Waals surface area contributed by atoms with E-state index in [0.29, 0.717) is 25.7 Å². The molecule has 0 saturated carbocycles. The fourth-order valence-corrected chi connectivity index (χ4v) is 5.69. The molecule has 0 N–H and O–H groups in total. The summed E-state index contributed by atoms with van der Waals surface area (Å²) < 4.78 is 11.9. The molecule has 1 aliphatic rings. The lowest BCUT2D eigenvalue weighted by molar-refractivity contribution is -0.137. The Kier molecular flexibility index (Phi) is 13.2. The van der Waals surface area contributed by atoms with Gasteiger partial charge in [0.15, 0.2) is 8.32 Å². The number of unbranched alkanes of at least 4 members (excludes halogenated alkanes) is 3. The van der Waals surface area contributed by atoms with Crippen LogP contribution in [0.4, 0.5) is 4.79 Å². The van der Waals surface area contributed by atoms with Gasteiger partial charge < -0.3 is 9.16 Å². The Labute approximate surface area is 235 Å². The van der Waals surface area contributed by atoms with E-state index in [4.69, 9.17) is 14.7 Å². The molecule has 0 aliphatic carbocycles. The Balaban J connectivity index is 2.11. The summed E-state index contributed by atoms with van der Waals surface area (Å²) in [5.41, 5.74) is 9.98. The number of allylic oxidation sites excluding steroid dienone is 1. The maximum atomic E-state index is 13.8. The van der Waals surface area contributed by atoms with Gasteiger partial charge in [-0.3, -0.25) is 4.79 Å². The number of ether oxygens (including phenoxy) is 1. The number of amides is 2. The molecule has 216 valence electrons. The average molecular weight is 557 g/mol. The fraction of sp³-hybridized carbons (Fsp3) is 0.667. The number of hydrogen-bond acceptors (Lipinski definition) is 5. The first-order valence-corrected chi connectivity index (χ1v) is 17.3. The molecule has 0 bridgehead atoms. The first-order valence-electron chi connectivity index (χ1n) is 14.4. The highest BCUT2D eigenvalue weighted by Crippen LogP contribution is 2.38. The summed E-state index contributed by atoms with van der Waals surface area (Å²) in [5.74, 6) is -0.320. The van der Waals surface area contributed by atoms with Crippen molar-refractivity contribution in [3.8, 4) is 0 Å². The zero-order chi connectivity index (χ0) is 28.9. The molecule has 2 amide bonds. The van der Waals surface area contributed by atoms with Crippen LogP contribution in [0, 0.1) is 0 Å². The molecule has 3 atom stereocenters. The molecular weight excluding hydrogens is 508 g/mol. The van der Waals surface area contributed by atoms with E-state index >= 15 is 0 Å². The molecule has 0 aromatic heterocycles. The van der Waals surface area contributed by atoms with Crippen molar-refractivity contribution in [1.82, 2.24) is 4.90 Å². The van der Waals surface area contributed by atoms with E-state index in [-0.39, 0.29) is 29.6 Å². The molecule has 1 saturated heterocycles. The van der Waals surface area contributed by atoms with E-state index in [1.807, 2.05) is 42.5 Å². The van der Waals surface area contributed by atoms with E-state index in [9.17, 15) is 9.59 Å². The largest absolute Gasteiger partial charge is 0.447 e. The minimum Gasteiger partial charge on any atom is -0.447 e. The predicted octanol–water partition coefficient (Wildman–Crippen LogP) is 8.34. The van der Waals surface area contributed by atoms with Gasteiger partial charge in [0.2, 0.25) is 0 Å². The fourth-order valence-electron chi connectivity index (χ4n) is 4.41. The van der Waals surface area contributed by atoms with Crippen LogP contribution in [-0.4, -0.2) is 50.0 Å². The number of cyclic esters (lactones) is 1. The van der Waals surface area contributed by atoms with Crippen LogP contribution in [0.25, 0.3) is 10.4 Å². The number of carbonyl (C=O) groups excluding carboxylic acids is 2. The third kappa shape index (κ3) is 10.5. The molecule has 2 rings (SSSR count). The Hall–Kier alpha value is -2.61. The van der Waals surface area contributed by atoms with Crippen LogP contribution < -0.4 is 0 Å². The Morgan fingerprint density at radius 3 is 2.56 bits per heavy atom. The zero-order valence-electron chi connectivity index (χ0n) is 24.8. The average Bonchev–Trinajstić information content (AvgIpc) is 3.24. The summed E-state index contributed by atoms with van der Waals surface area (Å²) in [6.45, 7) is 13.0. The lowest BCUT2D eigenvalue weighted by Gasteiger charge is -2.39. The molecule has 1 aliphatic heterocycles. The molecule has 0 radical (unpaired) electrons. The highest BCUT2D eigenvalue weighted by molar-refractivity contribution is 6.74. The van der Waals surface area contributed by atoms with Crippen LogP contribution in [0.2, 0.25) is 18.1 Å². The number of imide groups is 1. The smallest absolute Gasteiger partial charge is 0.417 e. The van der Waals surface area contributed by atoms with Crippen LogP contribution in [0.3, 0.4) is 0 Å². The maximum Gasteiger partial charge on any atom is 0.417 e. The summed E-state index contributed by atoms with van der Waals surface area (Å²) in [4.78, 5) is 30.8. The third-order valence-corrected chi connectivity index (χ3v) is 12.3. The SMILES string of the molecule is CCCCCCC(C/C=C/CCC(O[Si](C)(C)C(C)(C)C)C(=O)N1C(=O)OC[C@H]1Cc1ccccc1)N=[N+]=[N-]. The topological polar surface area (TPSA) is 105 Å². The van der Waals surface area contributed by atoms with Gasteiger partial charge in [-0.25, -0.2) is 9.69 Å². The Morgan fingerprint density at radius 1 is 1.21 bits per heavy atom. The van der Waals surface area contributed by atoms with E-state index in [1.54, 1.807) is 0 Å². The Morgan fingerprint density at radius 2 is 1.92 bits per heavy atom. The number of hydrogen-bond donors (Lipinski definition) is 0. The van der Waals surface area contributed by atoms with E-state index in [1.165, 1.54) is 17.7 Å². The van der Waals surface area contributed by atoms with Gasteiger partial charge in [-0.1, -0.05) is 101 Å². The number of azide groups is 1. The van der Waals surface area contributed by atoms with Gasteiger partial charge in [-0.2, -0.15) is 0 Å². The Bertz CT molecular complexity index is 986. The monoisotopic (exact) mass is 556 g/mol. The summed E-state index contributed by atoms with van der Waals surface area (Å²) >= 11 is 0. The van der Waals surface area contributed by atoms with Crippen molar-refractivity contribution in [3.05, 3.63) is 58.5 Å². The normalized spacial score (nSPS) is 17.6. The van der Waals surface area contributed by atoms with Crippen molar-refractivity contribution in [2.75, 3.05) is 6.61 Å². The van der Waals surface area contributed by atoms with Crippen LogP contribution in [0.1, 0.15) is 84.6 Å². The van der Waals surface area contributed by atoms with Crippen molar-refractivity contribution in [3.63, 3.8) is 0 Å². The van der Waals surface area contributed by atoms with E-state index < -0.39 is 20.5 Å². The quantitative estimate of drug-likeness (QED) is 0.0509. The lowest BCUT2D eigenvalue weighted by Crippen LogP contribution is -2.52. The maximum absolute atomic E-state index is 13.8. The van der Waals surface area contributed by atoms with Gasteiger partial charge in [0.05, 0.1) is 6.04 Å². The van der Waals surface area contributed by atoms with E-state index in [2.05, 4.69) is 50.8 Å². The van der Waals surface area contributed by atoms with Gasteiger partial charge in [0.25, 0.3) is 5.91 Å². The number of nitrogens with zero attached hydrogens (tertiary/aromatic N) is 4. The molecule has 1 aromatic carbocycles. The van der Waals surface area contributed by atoms with Gasteiger partial charge in [0, 0.05) is 11.0 Å². The molecule has 9 heteroatoms. The highest BCUT2D eigenvalue weighted by Gasteiger charge is 2.45. The minimum atomic E-state index is -2.30. The highest BCUT2D eigenvalue weighted by atomic mass is 28.4. The van der Waals surface area contributed by atoms with Gasteiger partial charge in [0.1, 0.15) is 12.7 Å². The zero-order valence-corrected chi connectivity index (χ0v) is 25.8.